The molecule has 27 heavy (non-hydrogen) atoms. The van der Waals surface area contributed by atoms with Gasteiger partial charge in [-0.2, -0.15) is 0 Å². The Morgan fingerprint density at radius 3 is 2.41 bits per heavy atom. The van der Waals surface area contributed by atoms with Gasteiger partial charge in [0.25, 0.3) is 0 Å². The Balaban J connectivity index is 1.60. The average Bonchev–Trinajstić information content (AvgIpc) is 3.15. The molecule has 3 aromatic carbocycles. The van der Waals surface area contributed by atoms with E-state index < -0.39 is 0 Å². The summed E-state index contributed by atoms with van der Waals surface area (Å²) in [6, 6.07) is 32.9. The SMILES string of the molecule is c1ccc(N2B(c3cccc(-c4ccccn4)c3)Oc3ccccc32)cc1. The Morgan fingerprint density at radius 1 is 0.741 bits per heavy atom. The maximum Gasteiger partial charge on any atom is 0.524 e. The number of benzene rings is 3. The lowest BCUT2D eigenvalue weighted by Crippen LogP contribution is -2.47. The minimum atomic E-state index is -0.214. The standard InChI is InChI=1S/C23H17BN2O/c1-2-11-20(12-3-1)26-22-14-4-5-15-23(22)27-24(26)19-10-8-9-18(17-19)21-13-6-7-16-25-21/h1-17H. The van der Waals surface area contributed by atoms with Gasteiger partial charge in [-0.25, -0.2) is 0 Å². The molecular formula is C23H17BN2O. The fourth-order valence-corrected chi connectivity index (χ4v) is 3.52. The van der Waals surface area contributed by atoms with Crippen LogP contribution in [0.5, 0.6) is 5.75 Å². The molecule has 4 heteroatoms. The zero-order valence-electron chi connectivity index (χ0n) is 14.7. The Kier molecular flexibility index (Phi) is 3.87. The van der Waals surface area contributed by atoms with E-state index in [0.29, 0.717) is 0 Å². The third-order valence-corrected chi connectivity index (χ3v) is 4.76. The fraction of sp³-hybridized carbons (Fsp3) is 0. The average molecular weight is 348 g/mol. The highest BCUT2D eigenvalue weighted by Crippen LogP contribution is 2.40. The molecular weight excluding hydrogens is 331 g/mol. The second-order valence-corrected chi connectivity index (χ2v) is 6.48. The molecule has 0 amide bonds. The van der Waals surface area contributed by atoms with Gasteiger partial charge in [-0.1, -0.05) is 60.7 Å². The van der Waals surface area contributed by atoms with Crippen LogP contribution in [-0.4, -0.2) is 12.0 Å². The van der Waals surface area contributed by atoms with Crippen molar-refractivity contribution in [3.8, 4) is 17.0 Å². The first-order valence-corrected chi connectivity index (χ1v) is 9.01. The summed E-state index contributed by atoms with van der Waals surface area (Å²) in [5.41, 5.74) is 5.33. The lowest BCUT2D eigenvalue weighted by atomic mass is 9.71. The van der Waals surface area contributed by atoms with Gasteiger partial charge < -0.3 is 9.47 Å². The highest BCUT2D eigenvalue weighted by Gasteiger charge is 2.39. The number of pyridine rings is 1. The Labute approximate surface area is 159 Å². The molecule has 3 nitrogen and oxygen atoms in total. The fourth-order valence-electron chi connectivity index (χ4n) is 3.52. The van der Waals surface area contributed by atoms with E-state index in [2.05, 4.69) is 64.4 Å². The molecule has 0 saturated carbocycles. The minimum absolute atomic E-state index is 0.214. The Morgan fingerprint density at radius 2 is 1.56 bits per heavy atom. The minimum Gasteiger partial charge on any atom is -0.536 e. The van der Waals surface area contributed by atoms with E-state index in [0.717, 1.165) is 33.8 Å². The van der Waals surface area contributed by atoms with Crippen molar-refractivity contribution in [3.05, 3.63) is 103 Å². The molecule has 1 aliphatic heterocycles. The van der Waals surface area contributed by atoms with Crippen LogP contribution in [0.2, 0.25) is 0 Å². The van der Waals surface area contributed by atoms with E-state index in [9.17, 15) is 0 Å². The molecule has 0 spiro atoms. The molecule has 0 saturated heterocycles. The van der Waals surface area contributed by atoms with Gasteiger partial charge in [0.05, 0.1) is 11.4 Å². The van der Waals surface area contributed by atoms with Crippen LogP contribution in [0.4, 0.5) is 11.4 Å². The predicted molar refractivity (Wildman–Crippen MR) is 111 cm³/mol. The smallest absolute Gasteiger partial charge is 0.524 e. The molecule has 1 aromatic heterocycles. The van der Waals surface area contributed by atoms with E-state index in [1.807, 2.05) is 48.7 Å². The van der Waals surface area contributed by atoms with Crippen LogP contribution < -0.4 is 14.9 Å². The van der Waals surface area contributed by atoms with Crippen molar-refractivity contribution in [2.24, 2.45) is 0 Å². The second-order valence-electron chi connectivity index (χ2n) is 6.48. The summed E-state index contributed by atoms with van der Waals surface area (Å²) in [6.07, 6.45) is 1.82. The zero-order valence-corrected chi connectivity index (χ0v) is 14.7. The highest BCUT2D eigenvalue weighted by atomic mass is 16.5. The summed E-state index contributed by atoms with van der Waals surface area (Å²) >= 11 is 0. The van der Waals surface area contributed by atoms with Crippen molar-refractivity contribution in [3.63, 3.8) is 0 Å². The number of para-hydroxylation sites is 3. The highest BCUT2D eigenvalue weighted by molar-refractivity contribution is 6.74. The van der Waals surface area contributed by atoms with Gasteiger partial charge in [-0.3, -0.25) is 4.98 Å². The topological polar surface area (TPSA) is 25.4 Å². The van der Waals surface area contributed by atoms with E-state index in [1.54, 1.807) is 0 Å². The number of nitrogens with zero attached hydrogens (tertiary/aromatic N) is 2. The molecule has 0 radical (unpaired) electrons. The summed E-state index contributed by atoms with van der Waals surface area (Å²) < 4.78 is 6.36. The first kappa shape index (κ1) is 15.7. The largest absolute Gasteiger partial charge is 0.536 e. The third-order valence-electron chi connectivity index (χ3n) is 4.76. The van der Waals surface area contributed by atoms with Gasteiger partial charge in [-0.05, 0) is 47.4 Å². The first-order chi connectivity index (χ1) is 13.4. The molecule has 0 aliphatic carbocycles. The molecule has 0 fully saturated rings. The van der Waals surface area contributed by atoms with Crippen molar-refractivity contribution < 1.29 is 4.65 Å². The third kappa shape index (κ3) is 2.85. The van der Waals surface area contributed by atoms with Gasteiger partial charge in [0, 0.05) is 11.9 Å². The summed E-state index contributed by atoms with van der Waals surface area (Å²) in [5, 5.41) is 0. The van der Waals surface area contributed by atoms with Crippen molar-refractivity contribution in [2.75, 3.05) is 4.81 Å². The van der Waals surface area contributed by atoms with Crippen LogP contribution in [0.25, 0.3) is 11.3 Å². The summed E-state index contributed by atoms with van der Waals surface area (Å²) in [6.45, 7) is 0. The van der Waals surface area contributed by atoms with Crippen molar-refractivity contribution >= 4 is 23.9 Å². The summed E-state index contributed by atoms with van der Waals surface area (Å²) in [4.78, 5) is 6.72. The predicted octanol–water partition coefficient (Wildman–Crippen LogP) is 4.67. The number of rotatable bonds is 3. The van der Waals surface area contributed by atoms with Crippen LogP contribution in [0.15, 0.2) is 103 Å². The van der Waals surface area contributed by atoms with Gasteiger partial charge in [0.2, 0.25) is 0 Å². The summed E-state index contributed by atoms with van der Waals surface area (Å²) in [7, 11) is -0.214. The Bertz CT molecular complexity index is 1070. The van der Waals surface area contributed by atoms with Gasteiger partial charge in [-0.15, -0.1) is 0 Å². The molecule has 0 N–H and O–H groups in total. The summed E-state index contributed by atoms with van der Waals surface area (Å²) in [5.74, 6) is 0.898. The molecule has 0 atom stereocenters. The zero-order chi connectivity index (χ0) is 18.1. The molecule has 5 rings (SSSR count). The lowest BCUT2D eigenvalue weighted by molar-refractivity contribution is 0.603. The number of hydrogen-bond donors (Lipinski definition) is 0. The van der Waals surface area contributed by atoms with E-state index in [-0.39, 0.29) is 7.05 Å². The number of fused-ring (bicyclic) bond motifs is 1. The molecule has 128 valence electrons. The van der Waals surface area contributed by atoms with Gasteiger partial charge in [0.15, 0.2) is 0 Å². The second kappa shape index (κ2) is 6.65. The number of anilines is 2. The molecule has 4 aromatic rings. The normalized spacial score (nSPS) is 12.6. The van der Waals surface area contributed by atoms with Crippen LogP contribution in [0.3, 0.4) is 0 Å². The molecule has 0 bridgehead atoms. The van der Waals surface area contributed by atoms with Crippen LogP contribution in [0.1, 0.15) is 0 Å². The van der Waals surface area contributed by atoms with E-state index in [4.69, 9.17) is 4.65 Å². The molecule has 2 heterocycles. The van der Waals surface area contributed by atoms with Crippen molar-refractivity contribution in [1.29, 1.82) is 0 Å². The first-order valence-electron chi connectivity index (χ1n) is 9.01. The van der Waals surface area contributed by atoms with Crippen molar-refractivity contribution in [1.82, 2.24) is 4.98 Å². The maximum atomic E-state index is 6.36. The van der Waals surface area contributed by atoms with E-state index in [1.165, 1.54) is 0 Å². The quantitative estimate of drug-likeness (QED) is 0.503. The monoisotopic (exact) mass is 348 g/mol. The number of aromatic nitrogens is 1. The number of hydrogen-bond acceptors (Lipinski definition) is 3. The maximum absolute atomic E-state index is 6.36. The van der Waals surface area contributed by atoms with Crippen LogP contribution >= 0.6 is 0 Å². The Hall–Kier alpha value is -3.53. The van der Waals surface area contributed by atoms with Crippen LogP contribution in [-0.2, 0) is 0 Å². The van der Waals surface area contributed by atoms with Crippen LogP contribution in [0, 0.1) is 0 Å². The van der Waals surface area contributed by atoms with Gasteiger partial charge >= 0.3 is 7.05 Å². The van der Waals surface area contributed by atoms with Crippen molar-refractivity contribution in [2.45, 2.75) is 0 Å². The van der Waals surface area contributed by atoms with Gasteiger partial charge in [0.1, 0.15) is 5.75 Å². The molecule has 1 aliphatic rings. The van der Waals surface area contributed by atoms with E-state index >= 15 is 0 Å². The lowest BCUT2D eigenvalue weighted by Gasteiger charge is -2.22. The molecule has 0 unspecified atom stereocenters.